The molecule has 0 atom stereocenters. The van der Waals surface area contributed by atoms with Gasteiger partial charge in [0.15, 0.2) is 0 Å². The van der Waals surface area contributed by atoms with Crippen molar-refractivity contribution in [1.82, 2.24) is 4.98 Å². The van der Waals surface area contributed by atoms with Gasteiger partial charge in [0.1, 0.15) is 11.6 Å². The summed E-state index contributed by atoms with van der Waals surface area (Å²) in [6.07, 6.45) is -9.78. The van der Waals surface area contributed by atoms with Gasteiger partial charge >= 0.3 is 12.4 Å². The van der Waals surface area contributed by atoms with Gasteiger partial charge in [0.2, 0.25) is 0 Å². The van der Waals surface area contributed by atoms with Gasteiger partial charge in [-0.25, -0.2) is 4.98 Å². The number of rotatable bonds is 3. The number of hydrogen-bond acceptors (Lipinski definition) is 4. The molecule has 0 aliphatic rings. The monoisotopic (exact) mass is 350 g/mol. The van der Waals surface area contributed by atoms with E-state index in [0.717, 1.165) is 0 Å². The standard InChI is InChI=1S/C14H12F6N4/c15-13(16,17)8-3-7(4-9(5-8)14(18,19)20)6-23-11-2-1-10(21)12(22)24-11/h1-5H,6,21H2,(H3,22,23,24). The van der Waals surface area contributed by atoms with Gasteiger partial charge in [0.05, 0.1) is 16.8 Å². The molecule has 0 fully saturated rings. The van der Waals surface area contributed by atoms with E-state index >= 15 is 0 Å². The van der Waals surface area contributed by atoms with Crippen LogP contribution in [0.1, 0.15) is 16.7 Å². The molecule has 5 N–H and O–H groups in total. The molecular formula is C14H12F6N4. The molecule has 2 aromatic rings. The number of nitrogens with one attached hydrogen (secondary N) is 1. The average Bonchev–Trinajstić information content (AvgIpc) is 2.46. The highest BCUT2D eigenvalue weighted by Crippen LogP contribution is 2.36. The Bertz CT molecular complexity index is 707. The Balaban J connectivity index is 2.30. The summed E-state index contributed by atoms with van der Waals surface area (Å²) in [5.41, 5.74) is 8.20. The van der Waals surface area contributed by atoms with Crippen LogP contribution in [0.4, 0.5) is 43.7 Å². The first-order valence-corrected chi connectivity index (χ1v) is 6.51. The van der Waals surface area contributed by atoms with Gasteiger partial charge in [0.25, 0.3) is 0 Å². The van der Waals surface area contributed by atoms with Crippen molar-refractivity contribution in [1.29, 1.82) is 0 Å². The maximum Gasteiger partial charge on any atom is 0.416 e. The molecule has 2 rings (SSSR count). The molecule has 0 bridgehead atoms. The summed E-state index contributed by atoms with van der Waals surface area (Å²) in [5.74, 6) is 0.174. The van der Waals surface area contributed by atoms with E-state index in [9.17, 15) is 26.3 Å². The van der Waals surface area contributed by atoms with Gasteiger partial charge < -0.3 is 16.8 Å². The maximum absolute atomic E-state index is 12.8. The number of halogens is 6. The van der Waals surface area contributed by atoms with Crippen LogP contribution < -0.4 is 16.8 Å². The van der Waals surface area contributed by atoms with E-state index in [1.54, 1.807) is 0 Å². The predicted octanol–water partition coefficient (Wildman–Crippen LogP) is 3.90. The number of aromatic nitrogens is 1. The largest absolute Gasteiger partial charge is 0.416 e. The van der Waals surface area contributed by atoms with E-state index in [2.05, 4.69) is 10.3 Å². The molecule has 0 saturated heterocycles. The van der Waals surface area contributed by atoms with Gasteiger partial charge in [-0.3, -0.25) is 0 Å². The number of anilines is 3. The molecule has 4 nitrogen and oxygen atoms in total. The van der Waals surface area contributed by atoms with Crippen molar-refractivity contribution in [3.8, 4) is 0 Å². The molecule has 1 aromatic carbocycles. The summed E-state index contributed by atoms with van der Waals surface area (Å²) in [6.45, 7) is -0.302. The van der Waals surface area contributed by atoms with Crippen LogP contribution in [0.2, 0.25) is 0 Å². The van der Waals surface area contributed by atoms with E-state index in [-0.39, 0.29) is 35.5 Å². The molecule has 130 valence electrons. The molecule has 24 heavy (non-hydrogen) atoms. The molecule has 0 saturated carbocycles. The highest BCUT2D eigenvalue weighted by Gasteiger charge is 2.36. The van der Waals surface area contributed by atoms with Crippen LogP contribution in [0.25, 0.3) is 0 Å². The fraction of sp³-hybridized carbons (Fsp3) is 0.214. The maximum atomic E-state index is 12.8. The SMILES string of the molecule is Nc1ccc(NCc2cc(C(F)(F)F)cc(C(F)(F)F)c2)nc1N. The number of nitrogens with two attached hydrogens (primary N) is 2. The van der Waals surface area contributed by atoms with Crippen LogP contribution >= 0.6 is 0 Å². The summed E-state index contributed by atoms with van der Waals surface area (Å²) in [5, 5.41) is 2.60. The Labute approximate surface area is 132 Å². The van der Waals surface area contributed by atoms with E-state index in [4.69, 9.17) is 11.5 Å². The minimum Gasteiger partial charge on any atom is -0.396 e. The molecule has 1 heterocycles. The summed E-state index contributed by atoms with van der Waals surface area (Å²) >= 11 is 0. The van der Waals surface area contributed by atoms with Crippen molar-refractivity contribution < 1.29 is 26.3 Å². The number of pyridine rings is 1. The Morgan fingerprint density at radius 3 is 1.88 bits per heavy atom. The lowest BCUT2D eigenvalue weighted by Crippen LogP contribution is -2.13. The summed E-state index contributed by atoms with van der Waals surface area (Å²) in [6, 6.07) is 4.18. The second-order valence-corrected chi connectivity index (χ2v) is 4.94. The lowest BCUT2D eigenvalue weighted by atomic mass is 10.0. The zero-order chi connectivity index (χ0) is 18.1. The first kappa shape index (κ1) is 17.7. The highest BCUT2D eigenvalue weighted by atomic mass is 19.4. The zero-order valence-electron chi connectivity index (χ0n) is 12.0. The molecular weight excluding hydrogens is 338 g/mol. The molecule has 1 aromatic heterocycles. The summed E-state index contributed by atoms with van der Waals surface area (Å²) in [4.78, 5) is 3.83. The van der Waals surface area contributed by atoms with E-state index in [1.807, 2.05) is 0 Å². The number of hydrogen-bond donors (Lipinski definition) is 3. The van der Waals surface area contributed by atoms with Crippen molar-refractivity contribution in [2.24, 2.45) is 0 Å². The minimum absolute atomic E-state index is 0.0000211. The second-order valence-electron chi connectivity index (χ2n) is 4.94. The Morgan fingerprint density at radius 1 is 0.875 bits per heavy atom. The van der Waals surface area contributed by atoms with Gasteiger partial charge in [-0.15, -0.1) is 0 Å². The number of alkyl halides is 6. The van der Waals surface area contributed by atoms with E-state index < -0.39 is 23.5 Å². The second kappa shape index (κ2) is 6.10. The third-order valence-electron chi connectivity index (χ3n) is 3.08. The predicted molar refractivity (Wildman–Crippen MR) is 76.8 cm³/mol. The van der Waals surface area contributed by atoms with E-state index in [1.165, 1.54) is 12.1 Å². The number of benzene rings is 1. The minimum atomic E-state index is -4.89. The lowest BCUT2D eigenvalue weighted by Gasteiger charge is -2.15. The van der Waals surface area contributed by atoms with Crippen molar-refractivity contribution in [2.45, 2.75) is 18.9 Å². The normalized spacial score (nSPS) is 12.2. The van der Waals surface area contributed by atoms with Gasteiger partial charge in [-0.2, -0.15) is 26.3 Å². The van der Waals surface area contributed by atoms with Crippen molar-refractivity contribution in [2.75, 3.05) is 16.8 Å². The van der Waals surface area contributed by atoms with E-state index in [0.29, 0.717) is 12.1 Å². The molecule has 10 heteroatoms. The molecule has 0 aliphatic heterocycles. The van der Waals surface area contributed by atoms with Crippen LogP contribution in [0.5, 0.6) is 0 Å². The molecule has 0 spiro atoms. The van der Waals surface area contributed by atoms with Crippen molar-refractivity contribution in [3.63, 3.8) is 0 Å². The highest BCUT2D eigenvalue weighted by molar-refractivity contribution is 5.61. The Kier molecular flexibility index (Phi) is 4.50. The quantitative estimate of drug-likeness (QED) is 0.734. The van der Waals surface area contributed by atoms with Crippen molar-refractivity contribution in [3.05, 3.63) is 47.0 Å². The molecule has 0 amide bonds. The lowest BCUT2D eigenvalue weighted by molar-refractivity contribution is -0.143. The molecule has 0 aliphatic carbocycles. The van der Waals surface area contributed by atoms with Crippen LogP contribution in [0.15, 0.2) is 30.3 Å². The smallest absolute Gasteiger partial charge is 0.396 e. The fourth-order valence-corrected chi connectivity index (χ4v) is 1.90. The van der Waals surface area contributed by atoms with Crippen molar-refractivity contribution >= 4 is 17.3 Å². The zero-order valence-corrected chi connectivity index (χ0v) is 12.0. The van der Waals surface area contributed by atoms with Gasteiger partial charge in [-0.05, 0) is 35.9 Å². The van der Waals surface area contributed by atoms with Crippen LogP contribution in [0.3, 0.4) is 0 Å². The molecule has 0 unspecified atom stereocenters. The summed E-state index contributed by atoms with van der Waals surface area (Å²) < 4.78 is 76.6. The number of nitrogens with zero attached hydrogens (tertiary/aromatic N) is 1. The fourth-order valence-electron chi connectivity index (χ4n) is 1.90. The third-order valence-corrected chi connectivity index (χ3v) is 3.08. The third kappa shape index (κ3) is 4.21. The van der Waals surface area contributed by atoms with Crippen LogP contribution in [-0.4, -0.2) is 4.98 Å². The topological polar surface area (TPSA) is 77.0 Å². The Morgan fingerprint density at radius 2 is 1.42 bits per heavy atom. The van der Waals surface area contributed by atoms with Crippen LogP contribution in [-0.2, 0) is 18.9 Å². The first-order chi connectivity index (χ1) is 11.0. The van der Waals surface area contributed by atoms with Crippen LogP contribution in [0, 0.1) is 0 Å². The average molecular weight is 350 g/mol. The first-order valence-electron chi connectivity index (χ1n) is 6.51. The molecule has 0 radical (unpaired) electrons. The van der Waals surface area contributed by atoms with Gasteiger partial charge in [0, 0.05) is 6.54 Å². The number of nitrogen functional groups attached to an aromatic ring is 2. The summed E-state index contributed by atoms with van der Waals surface area (Å²) in [7, 11) is 0. The Hall–Kier alpha value is -2.65. The van der Waals surface area contributed by atoms with Gasteiger partial charge in [-0.1, -0.05) is 0 Å².